The first kappa shape index (κ1) is 34.7. The van der Waals surface area contributed by atoms with Crippen LogP contribution in [0.4, 0.5) is 5.69 Å². The van der Waals surface area contributed by atoms with Crippen molar-refractivity contribution in [3.8, 4) is 0 Å². The molecule has 9 nitrogen and oxygen atoms in total. The highest BCUT2D eigenvalue weighted by Crippen LogP contribution is 2.36. The van der Waals surface area contributed by atoms with E-state index in [4.69, 9.17) is 5.11 Å². The second-order valence-electron chi connectivity index (χ2n) is 12.0. The Hall–Kier alpha value is -3.33. The van der Waals surface area contributed by atoms with Gasteiger partial charge in [-0.15, -0.1) is 0 Å². The van der Waals surface area contributed by atoms with Gasteiger partial charge in [0, 0.05) is 61.5 Å². The summed E-state index contributed by atoms with van der Waals surface area (Å²) >= 11 is 0. The fourth-order valence-corrected chi connectivity index (χ4v) is 4.58. The van der Waals surface area contributed by atoms with Crippen molar-refractivity contribution in [3.05, 3.63) is 41.6 Å². The number of likely N-dealkylation sites (N-methyl/N-ethyl adjacent to an activating group) is 2. The molecule has 2 unspecified atom stereocenters. The average molecular weight is 558 g/mol. The summed E-state index contributed by atoms with van der Waals surface area (Å²) in [5.74, 6) is -1.60. The van der Waals surface area contributed by atoms with Crippen LogP contribution in [0.25, 0.3) is 10.9 Å². The SMILES string of the molecule is CCC.CNc1ccc2c(c1)c(C(C)(C)C(NC)C(=O)NC(C(=O)N(C)C/C=C(\C)C(=O)O)C(C)(C)C)cn2C. The van der Waals surface area contributed by atoms with Crippen LogP contribution >= 0.6 is 0 Å². The summed E-state index contributed by atoms with van der Waals surface area (Å²) in [6.45, 7) is 15.6. The average Bonchev–Trinajstić information content (AvgIpc) is 3.21. The van der Waals surface area contributed by atoms with Crippen LogP contribution in [0.3, 0.4) is 0 Å². The van der Waals surface area contributed by atoms with E-state index < -0.39 is 28.9 Å². The fourth-order valence-electron chi connectivity index (χ4n) is 4.58. The molecular formula is C31H51N5O4. The van der Waals surface area contributed by atoms with Crippen molar-refractivity contribution in [2.45, 2.75) is 79.3 Å². The van der Waals surface area contributed by atoms with E-state index in [2.05, 4.69) is 52.7 Å². The van der Waals surface area contributed by atoms with E-state index >= 15 is 0 Å². The molecule has 0 spiro atoms. The number of aromatic nitrogens is 1. The third-order valence-corrected chi connectivity index (χ3v) is 7.03. The van der Waals surface area contributed by atoms with Crippen molar-refractivity contribution >= 4 is 34.4 Å². The molecule has 2 aromatic rings. The number of anilines is 1. The number of aryl methyl sites for hydroxylation is 1. The maximum Gasteiger partial charge on any atom is 0.331 e. The number of carbonyl (C=O) groups is 3. The Morgan fingerprint density at radius 3 is 2.12 bits per heavy atom. The van der Waals surface area contributed by atoms with Gasteiger partial charge in [0.1, 0.15) is 6.04 Å². The van der Waals surface area contributed by atoms with E-state index in [0.717, 1.165) is 22.2 Å². The van der Waals surface area contributed by atoms with E-state index in [1.807, 2.05) is 54.8 Å². The van der Waals surface area contributed by atoms with Crippen molar-refractivity contribution in [3.63, 3.8) is 0 Å². The fraction of sp³-hybridized carbons (Fsp3) is 0.581. The molecular weight excluding hydrogens is 506 g/mol. The number of hydrogen-bond donors (Lipinski definition) is 4. The Bertz CT molecular complexity index is 1210. The number of carboxylic acid groups (broad SMARTS) is 1. The Morgan fingerprint density at radius 1 is 1.07 bits per heavy atom. The summed E-state index contributed by atoms with van der Waals surface area (Å²) in [6.07, 6.45) is 4.79. The summed E-state index contributed by atoms with van der Waals surface area (Å²) < 4.78 is 2.06. The molecule has 0 radical (unpaired) electrons. The van der Waals surface area contributed by atoms with Gasteiger partial charge >= 0.3 is 5.97 Å². The number of fused-ring (bicyclic) bond motifs is 1. The molecule has 0 bridgehead atoms. The van der Waals surface area contributed by atoms with Crippen LogP contribution in [-0.2, 0) is 26.8 Å². The minimum Gasteiger partial charge on any atom is -0.478 e. The molecule has 1 aromatic carbocycles. The molecule has 9 heteroatoms. The largest absolute Gasteiger partial charge is 0.478 e. The molecule has 1 heterocycles. The molecule has 2 rings (SSSR count). The number of benzene rings is 1. The molecule has 0 aliphatic rings. The molecule has 1 aromatic heterocycles. The number of hydrogen-bond acceptors (Lipinski definition) is 5. The van der Waals surface area contributed by atoms with Crippen molar-refractivity contribution < 1.29 is 19.5 Å². The number of amides is 2. The number of carboxylic acids is 1. The van der Waals surface area contributed by atoms with Crippen LogP contribution in [0.5, 0.6) is 0 Å². The summed E-state index contributed by atoms with van der Waals surface area (Å²) in [5, 5.41) is 19.5. The molecule has 40 heavy (non-hydrogen) atoms. The van der Waals surface area contributed by atoms with Crippen LogP contribution in [0.1, 0.15) is 67.4 Å². The zero-order chi connectivity index (χ0) is 31.0. The minimum absolute atomic E-state index is 0.129. The minimum atomic E-state index is -1.03. The van der Waals surface area contributed by atoms with Gasteiger partial charge in [-0.2, -0.15) is 0 Å². The van der Waals surface area contributed by atoms with Crippen LogP contribution in [0.2, 0.25) is 0 Å². The molecule has 4 N–H and O–H groups in total. The zero-order valence-corrected chi connectivity index (χ0v) is 26.5. The first-order valence-corrected chi connectivity index (χ1v) is 13.9. The number of carbonyl (C=O) groups excluding carboxylic acids is 2. The highest BCUT2D eigenvalue weighted by atomic mass is 16.4. The standard InChI is InChI=1S/C28H43N5O4.C3H8/c1-17(26(36)37)13-14-32(9)25(35)23(27(2,3)4)31-24(34)22(30-8)28(5,6)20-16-33(10)21-12-11-18(29-7)15-19(20)21;1-3-2/h11-13,15-16,22-23,29-30H,14H2,1-10H3,(H,31,34)(H,36,37);3H2,1-2H3/b17-13+;. The second-order valence-corrected chi connectivity index (χ2v) is 12.0. The van der Waals surface area contributed by atoms with Crippen molar-refractivity contribution in [1.82, 2.24) is 20.1 Å². The van der Waals surface area contributed by atoms with Crippen LogP contribution in [0, 0.1) is 5.41 Å². The second kappa shape index (κ2) is 14.3. The molecule has 2 amide bonds. The monoisotopic (exact) mass is 557 g/mol. The highest BCUT2D eigenvalue weighted by molar-refractivity contribution is 5.93. The lowest BCUT2D eigenvalue weighted by atomic mass is 9.76. The van der Waals surface area contributed by atoms with E-state index in [1.54, 1.807) is 14.1 Å². The van der Waals surface area contributed by atoms with Gasteiger partial charge < -0.3 is 30.5 Å². The predicted molar refractivity (Wildman–Crippen MR) is 165 cm³/mol. The normalized spacial score (nSPS) is 13.7. The maximum atomic E-state index is 13.7. The van der Waals surface area contributed by atoms with Gasteiger partial charge in [-0.05, 0) is 43.1 Å². The zero-order valence-electron chi connectivity index (χ0n) is 26.5. The van der Waals surface area contributed by atoms with Crippen LogP contribution in [-0.4, -0.2) is 72.1 Å². The lowest BCUT2D eigenvalue weighted by Crippen LogP contribution is -2.60. The topological polar surface area (TPSA) is 116 Å². The van der Waals surface area contributed by atoms with Gasteiger partial charge in [0.05, 0.1) is 6.04 Å². The van der Waals surface area contributed by atoms with Gasteiger partial charge in [0.2, 0.25) is 11.8 Å². The quantitative estimate of drug-likeness (QED) is 0.319. The van der Waals surface area contributed by atoms with Gasteiger partial charge in [0.15, 0.2) is 0 Å². The van der Waals surface area contributed by atoms with Crippen molar-refractivity contribution in [2.75, 3.05) is 33.0 Å². The van der Waals surface area contributed by atoms with Crippen LogP contribution < -0.4 is 16.0 Å². The van der Waals surface area contributed by atoms with E-state index in [9.17, 15) is 14.4 Å². The van der Waals surface area contributed by atoms with E-state index in [1.165, 1.54) is 24.3 Å². The Morgan fingerprint density at radius 2 is 1.65 bits per heavy atom. The molecule has 0 saturated carbocycles. The Labute approximate surface area is 240 Å². The molecule has 0 saturated heterocycles. The lowest BCUT2D eigenvalue weighted by Gasteiger charge is -2.38. The van der Waals surface area contributed by atoms with Gasteiger partial charge in [-0.1, -0.05) is 61.0 Å². The van der Waals surface area contributed by atoms with Gasteiger partial charge in [0.25, 0.3) is 0 Å². The maximum absolute atomic E-state index is 13.7. The molecule has 0 aliphatic carbocycles. The third-order valence-electron chi connectivity index (χ3n) is 7.03. The van der Waals surface area contributed by atoms with Crippen LogP contribution in [0.15, 0.2) is 36.0 Å². The Balaban J connectivity index is 0.00000254. The van der Waals surface area contributed by atoms with E-state index in [0.29, 0.717) is 0 Å². The highest BCUT2D eigenvalue weighted by Gasteiger charge is 2.41. The molecule has 0 aliphatic heterocycles. The molecule has 224 valence electrons. The predicted octanol–water partition coefficient (Wildman–Crippen LogP) is 4.52. The van der Waals surface area contributed by atoms with Crippen molar-refractivity contribution in [1.29, 1.82) is 0 Å². The lowest BCUT2D eigenvalue weighted by molar-refractivity contribution is -0.139. The number of aliphatic carboxylic acids is 1. The summed E-state index contributed by atoms with van der Waals surface area (Å²) in [7, 11) is 7.21. The summed E-state index contributed by atoms with van der Waals surface area (Å²) in [4.78, 5) is 39.7. The number of rotatable bonds is 10. The summed E-state index contributed by atoms with van der Waals surface area (Å²) in [6, 6.07) is 4.72. The number of nitrogens with zero attached hydrogens (tertiary/aromatic N) is 2. The molecule has 2 atom stereocenters. The summed E-state index contributed by atoms with van der Waals surface area (Å²) in [5.41, 5.74) is 2.02. The van der Waals surface area contributed by atoms with Gasteiger partial charge in [-0.3, -0.25) is 9.59 Å². The number of nitrogens with one attached hydrogen (secondary N) is 3. The first-order chi connectivity index (χ1) is 18.5. The van der Waals surface area contributed by atoms with Gasteiger partial charge in [-0.25, -0.2) is 4.79 Å². The Kier molecular flexibility index (Phi) is 12.4. The molecule has 0 fully saturated rings. The third kappa shape index (κ3) is 8.34. The first-order valence-electron chi connectivity index (χ1n) is 13.9. The smallest absolute Gasteiger partial charge is 0.331 e. The van der Waals surface area contributed by atoms with E-state index in [-0.39, 0.29) is 23.9 Å². The van der Waals surface area contributed by atoms with Crippen molar-refractivity contribution in [2.24, 2.45) is 12.5 Å².